The molecule has 0 bridgehead atoms. The number of likely N-dealkylation sites (N-methyl/N-ethyl adjacent to an activating group) is 1. The zero-order valence-corrected chi connectivity index (χ0v) is 13.0. The Morgan fingerprint density at radius 3 is 2.95 bits per heavy atom. The number of rotatable bonds is 6. The average molecular weight is 280 g/mol. The van der Waals surface area contributed by atoms with Crippen LogP contribution in [-0.4, -0.2) is 47.8 Å². The Morgan fingerprint density at radius 2 is 2.35 bits per heavy atom. The van der Waals surface area contributed by atoms with Gasteiger partial charge in [0.25, 0.3) is 0 Å². The van der Waals surface area contributed by atoms with Gasteiger partial charge >= 0.3 is 0 Å². The highest BCUT2D eigenvalue weighted by Crippen LogP contribution is 2.24. The summed E-state index contributed by atoms with van der Waals surface area (Å²) in [7, 11) is 2.16. The van der Waals surface area contributed by atoms with Crippen LogP contribution in [0.25, 0.3) is 0 Å². The van der Waals surface area contributed by atoms with Crippen LogP contribution in [0.4, 0.5) is 0 Å². The summed E-state index contributed by atoms with van der Waals surface area (Å²) in [5.74, 6) is 0.623. The summed E-state index contributed by atoms with van der Waals surface area (Å²) in [5.41, 5.74) is 7.23. The first-order valence-corrected chi connectivity index (χ1v) is 7.63. The molecule has 1 saturated heterocycles. The average Bonchev–Trinajstić information content (AvgIpc) is 2.90. The van der Waals surface area contributed by atoms with Gasteiger partial charge in [0.05, 0.1) is 24.7 Å². The Morgan fingerprint density at radius 1 is 1.55 bits per heavy atom. The molecule has 0 saturated carbocycles. The number of nitrogens with zero attached hydrogens (tertiary/aromatic N) is 3. The smallest absolute Gasteiger partial charge is 0.0951 e. The molecule has 1 aromatic heterocycles. The summed E-state index contributed by atoms with van der Waals surface area (Å²) in [6.45, 7) is 7.79. The van der Waals surface area contributed by atoms with Crippen LogP contribution in [0.3, 0.4) is 0 Å². The lowest BCUT2D eigenvalue weighted by atomic mass is 10.0. The molecule has 0 aliphatic carbocycles. The monoisotopic (exact) mass is 280 g/mol. The molecule has 2 unspecified atom stereocenters. The molecular weight excluding hydrogens is 252 g/mol. The molecule has 2 rings (SSSR count). The third-order valence-corrected chi connectivity index (χ3v) is 4.15. The van der Waals surface area contributed by atoms with Crippen molar-refractivity contribution in [3.63, 3.8) is 0 Å². The molecule has 0 radical (unpaired) electrons. The lowest BCUT2D eigenvalue weighted by Gasteiger charge is -2.33. The van der Waals surface area contributed by atoms with Gasteiger partial charge in [0.1, 0.15) is 0 Å². The van der Waals surface area contributed by atoms with Gasteiger partial charge in [-0.05, 0) is 39.7 Å². The van der Waals surface area contributed by atoms with Crippen LogP contribution in [0.15, 0.2) is 12.5 Å². The van der Waals surface area contributed by atoms with E-state index in [0.29, 0.717) is 18.5 Å². The third-order valence-electron chi connectivity index (χ3n) is 4.15. The van der Waals surface area contributed by atoms with E-state index < -0.39 is 0 Å². The minimum atomic E-state index is 0.224. The summed E-state index contributed by atoms with van der Waals surface area (Å²) in [4.78, 5) is 6.65. The van der Waals surface area contributed by atoms with Crippen LogP contribution < -0.4 is 5.73 Å². The largest absolute Gasteiger partial charge is 0.381 e. The van der Waals surface area contributed by atoms with Gasteiger partial charge in [-0.3, -0.25) is 4.90 Å². The zero-order chi connectivity index (χ0) is 14.5. The molecule has 0 aromatic carbocycles. The van der Waals surface area contributed by atoms with E-state index in [1.807, 2.05) is 12.5 Å². The minimum absolute atomic E-state index is 0.224. The van der Waals surface area contributed by atoms with Gasteiger partial charge in [-0.25, -0.2) is 4.98 Å². The molecule has 1 aliphatic heterocycles. The van der Waals surface area contributed by atoms with Crippen LogP contribution in [0.1, 0.15) is 44.5 Å². The number of imidazole rings is 1. The Kier molecular flexibility index (Phi) is 5.57. The summed E-state index contributed by atoms with van der Waals surface area (Å²) in [6, 6.07) is 0.634. The van der Waals surface area contributed by atoms with Gasteiger partial charge in [0.15, 0.2) is 0 Å². The maximum atomic E-state index is 6.03. The number of nitrogens with two attached hydrogens (primary N) is 1. The molecule has 2 atom stereocenters. The quantitative estimate of drug-likeness (QED) is 0.863. The lowest BCUT2D eigenvalue weighted by molar-refractivity contribution is 0.0360. The van der Waals surface area contributed by atoms with Gasteiger partial charge in [-0.1, -0.05) is 0 Å². The van der Waals surface area contributed by atoms with Crippen molar-refractivity contribution < 1.29 is 4.74 Å². The summed E-state index contributed by atoms with van der Waals surface area (Å²) in [5, 5.41) is 0. The van der Waals surface area contributed by atoms with Gasteiger partial charge in [-0.2, -0.15) is 0 Å². The van der Waals surface area contributed by atoms with Crippen LogP contribution in [0.2, 0.25) is 0 Å². The Hall–Kier alpha value is -0.910. The van der Waals surface area contributed by atoms with Crippen LogP contribution >= 0.6 is 0 Å². The standard InChI is InChI=1S/C15H28N4O/c1-12(2)19-11-17-8-15(19)14(7-16)18(3)9-13-5-4-6-20-10-13/h8,11-14H,4-7,9-10,16H2,1-3H3. The molecular formula is C15H28N4O. The van der Waals surface area contributed by atoms with E-state index in [-0.39, 0.29) is 6.04 Å². The highest BCUT2D eigenvalue weighted by Gasteiger charge is 2.24. The van der Waals surface area contributed by atoms with Crippen molar-refractivity contribution >= 4 is 0 Å². The number of hydrogen-bond donors (Lipinski definition) is 1. The van der Waals surface area contributed by atoms with Gasteiger partial charge in [-0.15, -0.1) is 0 Å². The third kappa shape index (κ3) is 3.59. The Labute approximate surface area is 122 Å². The van der Waals surface area contributed by atoms with Crippen molar-refractivity contribution in [2.75, 3.05) is 33.4 Å². The predicted octanol–water partition coefficient (Wildman–Crippen LogP) is 1.82. The van der Waals surface area contributed by atoms with E-state index in [1.54, 1.807) is 0 Å². The van der Waals surface area contributed by atoms with E-state index in [2.05, 4.69) is 35.3 Å². The molecule has 5 heteroatoms. The van der Waals surface area contributed by atoms with Crippen molar-refractivity contribution in [3.8, 4) is 0 Å². The normalized spacial score (nSPS) is 21.6. The first-order chi connectivity index (χ1) is 9.63. The van der Waals surface area contributed by atoms with Crippen molar-refractivity contribution in [3.05, 3.63) is 18.2 Å². The molecule has 20 heavy (non-hydrogen) atoms. The highest BCUT2D eigenvalue weighted by atomic mass is 16.5. The Bertz CT molecular complexity index is 398. The van der Waals surface area contributed by atoms with Crippen LogP contribution in [0, 0.1) is 5.92 Å². The van der Waals surface area contributed by atoms with Crippen LogP contribution in [0.5, 0.6) is 0 Å². The molecule has 1 aliphatic rings. The lowest BCUT2D eigenvalue weighted by Crippen LogP contribution is -2.37. The fourth-order valence-corrected chi connectivity index (χ4v) is 3.02. The van der Waals surface area contributed by atoms with E-state index in [4.69, 9.17) is 10.5 Å². The van der Waals surface area contributed by atoms with Gasteiger partial charge < -0.3 is 15.0 Å². The number of hydrogen-bond acceptors (Lipinski definition) is 4. The number of ether oxygens (including phenoxy) is 1. The van der Waals surface area contributed by atoms with Gasteiger partial charge in [0.2, 0.25) is 0 Å². The second-order valence-electron chi connectivity index (χ2n) is 6.09. The zero-order valence-electron chi connectivity index (χ0n) is 13.0. The van der Waals surface area contributed by atoms with Crippen molar-refractivity contribution in [2.24, 2.45) is 11.7 Å². The first-order valence-electron chi connectivity index (χ1n) is 7.63. The Balaban J connectivity index is 2.04. The minimum Gasteiger partial charge on any atom is -0.381 e. The fourth-order valence-electron chi connectivity index (χ4n) is 3.02. The van der Waals surface area contributed by atoms with E-state index in [0.717, 1.165) is 19.8 Å². The summed E-state index contributed by atoms with van der Waals surface area (Å²) >= 11 is 0. The van der Waals surface area contributed by atoms with Crippen molar-refractivity contribution in [1.82, 2.24) is 14.5 Å². The van der Waals surface area contributed by atoms with E-state index in [9.17, 15) is 0 Å². The fraction of sp³-hybridized carbons (Fsp3) is 0.800. The summed E-state index contributed by atoms with van der Waals surface area (Å²) in [6.07, 6.45) is 6.28. The van der Waals surface area contributed by atoms with Crippen molar-refractivity contribution in [1.29, 1.82) is 0 Å². The second-order valence-corrected chi connectivity index (χ2v) is 6.09. The van der Waals surface area contributed by atoms with Gasteiger partial charge in [0, 0.05) is 31.9 Å². The molecule has 1 aromatic rings. The maximum absolute atomic E-state index is 6.03. The topological polar surface area (TPSA) is 56.3 Å². The van der Waals surface area contributed by atoms with Crippen LogP contribution in [-0.2, 0) is 4.74 Å². The molecule has 2 N–H and O–H groups in total. The molecule has 2 heterocycles. The molecule has 1 fully saturated rings. The van der Waals surface area contributed by atoms with E-state index in [1.165, 1.54) is 18.5 Å². The molecule has 0 spiro atoms. The van der Waals surface area contributed by atoms with E-state index >= 15 is 0 Å². The SMILES string of the molecule is CC(C)n1cncc1C(CN)N(C)CC1CCCOC1. The summed E-state index contributed by atoms with van der Waals surface area (Å²) < 4.78 is 7.79. The molecule has 5 nitrogen and oxygen atoms in total. The predicted molar refractivity (Wildman–Crippen MR) is 80.6 cm³/mol. The van der Waals surface area contributed by atoms with Crippen molar-refractivity contribution in [2.45, 2.75) is 38.8 Å². The molecule has 114 valence electrons. The molecule has 0 amide bonds. The first kappa shape index (κ1) is 15.5. The second kappa shape index (κ2) is 7.20. The maximum Gasteiger partial charge on any atom is 0.0951 e. The highest BCUT2D eigenvalue weighted by molar-refractivity contribution is 5.07. The number of aromatic nitrogens is 2.